The van der Waals surface area contributed by atoms with Crippen molar-refractivity contribution in [2.45, 2.75) is 39.3 Å². The zero-order valence-corrected chi connectivity index (χ0v) is 19.8. The van der Waals surface area contributed by atoms with Crippen LogP contribution in [0.5, 0.6) is 5.75 Å². The number of furan rings is 1. The van der Waals surface area contributed by atoms with E-state index in [1.165, 1.54) is 0 Å². The normalized spacial score (nSPS) is 17.6. The molecule has 0 bridgehead atoms. The fraction of sp³-hybridized carbons (Fsp3) is 0.214. The fourth-order valence-electron chi connectivity index (χ4n) is 4.57. The molecule has 4 aromatic rings. The third-order valence-corrected chi connectivity index (χ3v) is 6.43. The van der Waals surface area contributed by atoms with Crippen molar-refractivity contribution >= 4 is 28.3 Å². The number of ketones is 1. The first kappa shape index (κ1) is 22.8. The van der Waals surface area contributed by atoms with E-state index in [-0.39, 0.29) is 29.2 Å². The van der Waals surface area contributed by atoms with Crippen molar-refractivity contribution in [1.29, 1.82) is 0 Å². The Kier molecular flexibility index (Phi) is 5.88. The molecular weight excluding hydrogens is 442 g/mol. The van der Waals surface area contributed by atoms with Crippen molar-refractivity contribution in [2.75, 3.05) is 5.32 Å². The number of nitrogens with one attached hydrogen (secondary N) is 3. The zero-order valence-electron chi connectivity index (χ0n) is 19.8. The van der Waals surface area contributed by atoms with Gasteiger partial charge in [0.1, 0.15) is 17.4 Å². The number of carbonyl (C=O) groups is 2. The van der Waals surface area contributed by atoms with Crippen LogP contribution in [0.3, 0.4) is 0 Å². The van der Waals surface area contributed by atoms with Crippen molar-refractivity contribution in [3.8, 4) is 5.75 Å². The van der Waals surface area contributed by atoms with Crippen LogP contribution in [-0.4, -0.2) is 22.8 Å². The molecule has 2 heterocycles. The molecule has 1 aliphatic rings. The number of phenolic OH excluding ortho intramolecular Hbond substituents is 1. The number of hydrazine groups is 1. The van der Waals surface area contributed by atoms with Crippen LogP contribution in [-0.2, 0) is 4.79 Å². The third-order valence-electron chi connectivity index (χ3n) is 6.43. The Hall–Kier alpha value is -3.94. The summed E-state index contributed by atoms with van der Waals surface area (Å²) in [6, 6.07) is 17.5. The van der Waals surface area contributed by atoms with Gasteiger partial charge in [-0.05, 0) is 44.9 Å². The van der Waals surface area contributed by atoms with Gasteiger partial charge in [-0.2, -0.15) is 0 Å². The Morgan fingerprint density at radius 2 is 1.71 bits per heavy atom. The Morgan fingerprint density at radius 1 is 0.971 bits per heavy atom. The van der Waals surface area contributed by atoms with E-state index in [9.17, 15) is 14.7 Å². The average Bonchev–Trinajstić information content (AvgIpc) is 3.47. The van der Waals surface area contributed by atoms with E-state index in [0.29, 0.717) is 28.6 Å². The van der Waals surface area contributed by atoms with E-state index in [1.54, 1.807) is 18.2 Å². The van der Waals surface area contributed by atoms with E-state index < -0.39 is 6.04 Å². The Bertz CT molecular complexity index is 1440. The van der Waals surface area contributed by atoms with E-state index in [2.05, 4.69) is 16.2 Å². The number of aromatic hydroxyl groups is 1. The standard InChI is InChI=1S/C28H27N3O4/c1-15-8-10-18(11-9-15)26(33)27-24(19-6-4-5-7-23(19)35-27)29-28(34)22-14-21(30-31-22)20-13-16(2)12-17(3)25(20)32/h4-13,21-22,30-32H,14H2,1-3H3,(H,29,34). The molecule has 0 spiro atoms. The Balaban J connectivity index is 1.42. The second-order valence-electron chi connectivity index (χ2n) is 9.14. The first-order chi connectivity index (χ1) is 16.8. The minimum Gasteiger partial charge on any atom is -0.507 e. The third kappa shape index (κ3) is 4.32. The molecule has 4 N–H and O–H groups in total. The molecule has 1 amide bonds. The van der Waals surface area contributed by atoms with E-state index >= 15 is 0 Å². The highest BCUT2D eigenvalue weighted by molar-refractivity contribution is 6.17. The van der Waals surface area contributed by atoms with Crippen LogP contribution in [0.1, 0.15) is 50.8 Å². The van der Waals surface area contributed by atoms with Crippen molar-refractivity contribution in [3.05, 3.63) is 94.2 Å². The summed E-state index contributed by atoms with van der Waals surface area (Å²) in [7, 11) is 0. The molecule has 178 valence electrons. The van der Waals surface area contributed by atoms with Crippen molar-refractivity contribution in [3.63, 3.8) is 0 Å². The number of aryl methyl sites for hydroxylation is 3. The lowest BCUT2D eigenvalue weighted by Crippen LogP contribution is -2.39. The summed E-state index contributed by atoms with van der Waals surface area (Å²) in [5.41, 5.74) is 11.1. The maximum atomic E-state index is 13.3. The molecule has 0 aliphatic carbocycles. The van der Waals surface area contributed by atoms with E-state index in [1.807, 2.05) is 63.2 Å². The van der Waals surface area contributed by atoms with Gasteiger partial charge in [-0.15, -0.1) is 0 Å². The number of anilines is 1. The molecule has 1 aliphatic heterocycles. The van der Waals surface area contributed by atoms with Crippen LogP contribution in [0.15, 0.2) is 65.1 Å². The van der Waals surface area contributed by atoms with Gasteiger partial charge >= 0.3 is 0 Å². The number of hydrogen-bond donors (Lipinski definition) is 4. The smallest absolute Gasteiger partial charge is 0.243 e. The SMILES string of the molecule is Cc1ccc(C(=O)c2oc3ccccc3c2NC(=O)C2CC(c3cc(C)cc(C)c3O)NN2)cc1. The maximum Gasteiger partial charge on any atom is 0.243 e. The van der Waals surface area contributed by atoms with Gasteiger partial charge in [-0.3, -0.25) is 9.59 Å². The van der Waals surface area contributed by atoms with Gasteiger partial charge in [-0.1, -0.05) is 59.7 Å². The summed E-state index contributed by atoms with van der Waals surface area (Å²) in [6.45, 7) is 5.78. The lowest BCUT2D eigenvalue weighted by atomic mass is 9.96. The summed E-state index contributed by atoms with van der Waals surface area (Å²) < 4.78 is 5.91. The topological polar surface area (TPSA) is 104 Å². The molecule has 5 rings (SSSR count). The van der Waals surface area contributed by atoms with Crippen LogP contribution in [0, 0.1) is 20.8 Å². The highest BCUT2D eigenvalue weighted by Gasteiger charge is 2.33. The van der Waals surface area contributed by atoms with E-state index in [4.69, 9.17) is 4.42 Å². The molecule has 3 aromatic carbocycles. The molecule has 7 heteroatoms. The minimum absolute atomic E-state index is 0.0952. The lowest BCUT2D eigenvalue weighted by molar-refractivity contribution is -0.117. The van der Waals surface area contributed by atoms with Crippen molar-refractivity contribution < 1.29 is 19.1 Å². The number of para-hydroxylation sites is 1. The van der Waals surface area contributed by atoms with Gasteiger partial charge in [0.25, 0.3) is 0 Å². The fourth-order valence-corrected chi connectivity index (χ4v) is 4.57. The van der Waals surface area contributed by atoms with Gasteiger partial charge in [0.05, 0.1) is 11.7 Å². The van der Waals surface area contributed by atoms with Crippen LogP contribution < -0.4 is 16.2 Å². The van der Waals surface area contributed by atoms with Gasteiger partial charge in [0.15, 0.2) is 5.76 Å². The predicted octanol–water partition coefficient (Wildman–Crippen LogP) is 4.84. The summed E-state index contributed by atoms with van der Waals surface area (Å²) in [6.07, 6.45) is 0.430. The maximum absolute atomic E-state index is 13.3. The first-order valence-electron chi connectivity index (χ1n) is 11.6. The molecular formula is C28H27N3O4. The first-order valence-corrected chi connectivity index (χ1v) is 11.6. The van der Waals surface area contributed by atoms with Gasteiger partial charge in [-0.25, -0.2) is 10.9 Å². The molecule has 1 aromatic heterocycles. The molecule has 1 fully saturated rings. The minimum atomic E-state index is -0.573. The highest BCUT2D eigenvalue weighted by Crippen LogP contribution is 2.35. The van der Waals surface area contributed by atoms with Crippen LogP contribution in [0.2, 0.25) is 0 Å². The van der Waals surface area contributed by atoms with E-state index in [0.717, 1.165) is 22.3 Å². The number of phenols is 1. The quantitative estimate of drug-likeness (QED) is 0.312. The highest BCUT2D eigenvalue weighted by atomic mass is 16.3. The molecule has 7 nitrogen and oxygen atoms in total. The molecule has 0 radical (unpaired) electrons. The molecule has 1 saturated heterocycles. The molecule has 0 saturated carbocycles. The Labute approximate surface area is 203 Å². The second kappa shape index (κ2) is 9.02. The number of benzene rings is 3. The molecule has 35 heavy (non-hydrogen) atoms. The van der Waals surface area contributed by atoms with Gasteiger partial charge in [0.2, 0.25) is 11.7 Å². The molecule has 2 atom stereocenters. The van der Waals surface area contributed by atoms with Crippen LogP contribution in [0.4, 0.5) is 5.69 Å². The number of amides is 1. The van der Waals surface area contributed by atoms with Gasteiger partial charge < -0.3 is 14.8 Å². The van der Waals surface area contributed by atoms with Crippen molar-refractivity contribution in [2.24, 2.45) is 0 Å². The summed E-state index contributed by atoms with van der Waals surface area (Å²) in [5.74, 6) is -0.277. The Morgan fingerprint density at radius 3 is 2.49 bits per heavy atom. The van der Waals surface area contributed by atoms with Gasteiger partial charge in [0, 0.05) is 16.5 Å². The van der Waals surface area contributed by atoms with Crippen LogP contribution >= 0.6 is 0 Å². The summed E-state index contributed by atoms with van der Waals surface area (Å²) in [4.78, 5) is 26.6. The average molecular weight is 470 g/mol. The number of hydrogen-bond acceptors (Lipinski definition) is 6. The second-order valence-corrected chi connectivity index (χ2v) is 9.14. The molecule has 2 unspecified atom stereocenters. The zero-order chi connectivity index (χ0) is 24.7. The number of carbonyl (C=O) groups excluding carboxylic acids is 2. The van der Waals surface area contributed by atoms with Crippen LogP contribution in [0.25, 0.3) is 11.0 Å². The summed E-state index contributed by atoms with van der Waals surface area (Å²) >= 11 is 0. The monoisotopic (exact) mass is 469 g/mol. The number of rotatable bonds is 5. The van der Waals surface area contributed by atoms with Crippen molar-refractivity contribution in [1.82, 2.24) is 10.9 Å². The number of fused-ring (bicyclic) bond motifs is 1. The summed E-state index contributed by atoms with van der Waals surface area (Å²) in [5, 5.41) is 14.1. The largest absolute Gasteiger partial charge is 0.507 e. The lowest BCUT2D eigenvalue weighted by Gasteiger charge is -2.15. The predicted molar refractivity (Wildman–Crippen MR) is 134 cm³/mol.